The van der Waals surface area contributed by atoms with Crippen molar-refractivity contribution < 1.29 is 33.7 Å². The molecule has 1 saturated carbocycles. The molecule has 0 amide bonds. The number of aliphatic hydroxyl groups is 1. The number of esters is 3. The Hall–Kier alpha value is -2.15. The van der Waals surface area contributed by atoms with E-state index in [2.05, 4.69) is 6.58 Å². The summed E-state index contributed by atoms with van der Waals surface area (Å²) in [4.78, 5) is 37.0. The number of hydrogen-bond donors (Lipinski definition) is 1. The molecule has 3 rings (SSSR count). The first kappa shape index (κ1) is 24.5. The van der Waals surface area contributed by atoms with E-state index in [0.717, 1.165) is 5.57 Å². The van der Waals surface area contributed by atoms with Crippen LogP contribution in [-0.2, 0) is 28.6 Å². The monoisotopic (exact) mass is 448 g/mol. The predicted molar refractivity (Wildman–Crippen MR) is 117 cm³/mol. The molecule has 0 aromatic carbocycles. The molecule has 0 bridgehead atoms. The number of carbonyl (C=O) groups excluding carboxylic acids is 3. The summed E-state index contributed by atoms with van der Waals surface area (Å²) >= 11 is 0. The maximum absolute atomic E-state index is 13.0. The van der Waals surface area contributed by atoms with Gasteiger partial charge < -0.3 is 19.3 Å². The summed E-state index contributed by atoms with van der Waals surface area (Å²) in [6.45, 7) is 12.5. The van der Waals surface area contributed by atoms with Crippen LogP contribution in [0.3, 0.4) is 0 Å². The van der Waals surface area contributed by atoms with Crippen LogP contribution < -0.4 is 0 Å². The minimum atomic E-state index is -0.893. The SMILES string of the molecule is C=C[C@@]1(C)CCC2=C([C@H]1O)[C@H](OC(C)=O)C[C@@H]1[C@]2(C)[C@@H](OC(C)=O)CC[C@@]1(C)C(=O)OC. The van der Waals surface area contributed by atoms with Crippen LogP contribution in [0.25, 0.3) is 0 Å². The van der Waals surface area contributed by atoms with Crippen molar-refractivity contribution in [1.29, 1.82) is 0 Å². The lowest BCUT2D eigenvalue weighted by molar-refractivity contribution is -0.186. The number of methoxy groups -OCH3 is 1. The molecular weight excluding hydrogens is 412 g/mol. The number of rotatable bonds is 4. The molecule has 0 heterocycles. The van der Waals surface area contributed by atoms with E-state index in [-0.39, 0.29) is 17.9 Å². The molecule has 3 aliphatic rings. The Morgan fingerprint density at radius 1 is 1.09 bits per heavy atom. The van der Waals surface area contributed by atoms with E-state index < -0.39 is 40.5 Å². The summed E-state index contributed by atoms with van der Waals surface area (Å²) in [6, 6.07) is 0. The van der Waals surface area contributed by atoms with Crippen molar-refractivity contribution in [1.82, 2.24) is 0 Å². The zero-order chi connectivity index (χ0) is 24.1. The van der Waals surface area contributed by atoms with E-state index in [4.69, 9.17) is 14.2 Å². The molecule has 178 valence electrons. The van der Waals surface area contributed by atoms with E-state index in [1.165, 1.54) is 21.0 Å². The third kappa shape index (κ3) is 3.58. The van der Waals surface area contributed by atoms with Crippen LogP contribution in [0.1, 0.15) is 66.7 Å². The smallest absolute Gasteiger partial charge is 0.311 e. The zero-order valence-corrected chi connectivity index (χ0v) is 20.0. The van der Waals surface area contributed by atoms with Gasteiger partial charge in [0.1, 0.15) is 12.2 Å². The second-order valence-electron chi connectivity index (χ2n) is 10.3. The van der Waals surface area contributed by atoms with Gasteiger partial charge in [0, 0.05) is 24.7 Å². The Kier molecular flexibility index (Phi) is 6.37. The van der Waals surface area contributed by atoms with Crippen molar-refractivity contribution >= 4 is 17.9 Å². The summed E-state index contributed by atoms with van der Waals surface area (Å²) in [5, 5.41) is 11.4. The fourth-order valence-electron chi connectivity index (χ4n) is 6.57. The molecule has 3 aliphatic carbocycles. The summed E-state index contributed by atoms with van der Waals surface area (Å²) < 4.78 is 16.7. The standard InChI is InChI=1S/C25H36O7/c1-8-23(4)11-9-16-20(21(23)28)17(31-14(2)26)13-18-24(5,22(29)30-7)12-10-19(25(16,18)6)32-15(3)27/h8,17-19,21,28H,1,9-13H2,2-7H3/t17-,18+,19+,21-,23+,24-,25-/m1/s1. The first-order valence-corrected chi connectivity index (χ1v) is 11.3. The van der Waals surface area contributed by atoms with Crippen LogP contribution in [0.2, 0.25) is 0 Å². The quantitative estimate of drug-likeness (QED) is 0.399. The van der Waals surface area contributed by atoms with Crippen LogP contribution in [0.4, 0.5) is 0 Å². The number of hydrogen-bond acceptors (Lipinski definition) is 7. The molecule has 0 aromatic rings. The van der Waals surface area contributed by atoms with Gasteiger partial charge in [-0.25, -0.2) is 0 Å². The van der Waals surface area contributed by atoms with Crippen molar-refractivity contribution in [3.05, 3.63) is 23.8 Å². The highest BCUT2D eigenvalue weighted by Crippen LogP contribution is 2.64. The molecule has 7 atom stereocenters. The van der Waals surface area contributed by atoms with Crippen LogP contribution in [-0.4, -0.2) is 48.4 Å². The van der Waals surface area contributed by atoms with Crippen molar-refractivity contribution in [3.63, 3.8) is 0 Å². The van der Waals surface area contributed by atoms with Gasteiger partial charge in [0.05, 0.1) is 18.6 Å². The topological polar surface area (TPSA) is 99.1 Å². The fourth-order valence-corrected chi connectivity index (χ4v) is 6.57. The Bertz CT molecular complexity index is 860. The molecule has 32 heavy (non-hydrogen) atoms. The van der Waals surface area contributed by atoms with E-state index in [1.807, 2.05) is 20.8 Å². The number of fused-ring (bicyclic) bond motifs is 2. The van der Waals surface area contributed by atoms with E-state index in [9.17, 15) is 19.5 Å². The first-order valence-electron chi connectivity index (χ1n) is 11.3. The second-order valence-corrected chi connectivity index (χ2v) is 10.3. The second kappa shape index (κ2) is 8.32. The Morgan fingerprint density at radius 3 is 2.25 bits per heavy atom. The molecule has 7 heteroatoms. The molecule has 0 radical (unpaired) electrons. The van der Waals surface area contributed by atoms with Crippen LogP contribution in [0.5, 0.6) is 0 Å². The van der Waals surface area contributed by atoms with E-state index in [0.29, 0.717) is 37.7 Å². The van der Waals surface area contributed by atoms with Crippen molar-refractivity contribution in [2.24, 2.45) is 22.2 Å². The highest BCUT2D eigenvalue weighted by Gasteiger charge is 2.64. The summed E-state index contributed by atoms with van der Waals surface area (Å²) in [5.41, 5.74) is -0.534. The molecule has 7 nitrogen and oxygen atoms in total. The minimum Gasteiger partial charge on any atom is -0.469 e. The van der Waals surface area contributed by atoms with Gasteiger partial charge in [0.2, 0.25) is 0 Å². The average molecular weight is 449 g/mol. The first-order chi connectivity index (χ1) is 14.8. The van der Waals surface area contributed by atoms with Gasteiger partial charge in [0.25, 0.3) is 0 Å². The maximum Gasteiger partial charge on any atom is 0.311 e. The molecule has 0 spiro atoms. The molecule has 0 unspecified atom stereocenters. The summed E-state index contributed by atoms with van der Waals surface area (Å²) in [6.07, 6.45) is 2.33. The van der Waals surface area contributed by atoms with E-state index >= 15 is 0 Å². The highest BCUT2D eigenvalue weighted by atomic mass is 16.6. The van der Waals surface area contributed by atoms with Crippen molar-refractivity contribution in [2.75, 3.05) is 7.11 Å². The van der Waals surface area contributed by atoms with Gasteiger partial charge in [0.15, 0.2) is 0 Å². The van der Waals surface area contributed by atoms with Crippen molar-refractivity contribution in [3.8, 4) is 0 Å². The fraction of sp³-hybridized carbons (Fsp3) is 0.720. The average Bonchev–Trinajstić information content (AvgIpc) is 2.72. The molecule has 0 aliphatic heterocycles. The summed E-state index contributed by atoms with van der Waals surface area (Å²) in [7, 11) is 1.38. The van der Waals surface area contributed by atoms with Crippen molar-refractivity contribution in [2.45, 2.75) is 85.0 Å². The predicted octanol–water partition coefficient (Wildman–Crippen LogP) is 3.49. The van der Waals surface area contributed by atoms with Crippen LogP contribution >= 0.6 is 0 Å². The number of aliphatic hydroxyl groups excluding tert-OH is 1. The normalized spacial score (nSPS) is 41.1. The van der Waals surface area contributed by atoms with Gasteiger partial charge in [-0.2, -0.15) is 0 Å². The lowest BCUT2D eigenvalue weighted by Crippen LogP contribution is -2.61. The molecule has 1 fully saturated rings. The van der Waals surface area contributed by atoms with Gasteiger partial charge in [-0.3, -0.25) is 14.4 Å². The number of ether oxygens (including phenoxy) is 3. The molecule has 0 aromatic heterocycles. The van der Waals surface area contributed by atoms with Gasteiger partial charge >= 0.3 is 17.9 Å². The van der Waals surface area contributed by atoms with Gasteiger partial charge in [-0.15, -0.1) is 6.58 Å². The molecule has 0 saturated heterocycles. The number of carbonyl (C=O) groups is 3. The molecular formula is C25H36O7. The third-order valence-electron chi connectivity index (χ3n) is 8.45. The van der Waals surface area contributed by atoms with E-state index in [1.54, 1.807) is 6.08 Å². The lowest BCUT2D eigenvalue weighted by Gasteiger charge is -2.60. The van der Waals surface area contributed by atoms with Gasteiger partial charge in [-0.1, -0.05) is 25.5 Å². The minimum absolute atomic E-state index is 0.302. The van der Waals surface area contributed by atoms with Crippen LogP contribution in [0.15, 0.2) is 23.8 Å². The Labute approximate surface area is 190 Å². The van der Waals surface area contributed by atoms with Gasteiger partial charge in [-0.05, 0) is 50.5 Å². The summed E-state index contributed by atoms with van der Waals surface area (Å²) in [5.74, 6) is -1.46. The Balaban J connectivity index is 2.26. The highest BCUT2D eigenvalue weighted by molar-refractivity contribution is 5.77. The Morgan fingerprint density at radius 2 is 1.72 bits per heavy atom. The zero-order valence-electron chi connectivity index (χ0n) is 20.0. The largest absolute Gasteiger partial charge is 0.469 e. The molecule has 1 N–H and O–H groups in total. The maximum atomic E-state index is 13.0. The third-order valence-corrected chi connectivity index (χ3v) is 8.45. The van der Waals surface area contributed by atoms with Crippen LogP contribution in [0, 0.1) is 22.2 Å². The lowest BCUT2D eigenvalue weighted by atomic mass is 9.45.